The smallest absolute Gasteiger partial charge is 0.338 e. The summed E-state index contributed by atoms with van der Waals surface area (Å²) in [6.45, 7) is 5.61. The summed E-state index contributed by atoms with van der Waals surface area (Å²) in [5.41, 5.74) is 0.312. The van der Waals surface area contributed by atoms with Crippen LogP contribution >= 0.6 is 0 Å². The van der Waals surface area contributed by atoms with Crippen molar-refractivity contribution in [1.82, 2.24) is 0 Å². The van der Waals surface area contributed by atoms with Crippen molar-refractivity contribution in [3.05, 3.63) is 35.9 Å². The van der Waals surface area contributed by atoms with E-state index in [-0.39, 0.29) is 25.0 Å². The van der Waals surface area contributed by atoms with Crippen molar-refractivity contribution in [2.45, 2.75) is 96.1 Å². The Morgan fingerprint density at radius 2 is 1.78 bits per heavy atom. The third-order valence-corrected chi connectivity index (χ3v) is 6.79. The second-order valence-corrected chi connectivity index (χ2v) is 10.3. The van der Waals surface area contributed by atoms with Gasteiger partial charge in [-0.15, -0.1) is 0 Å². The van der Waals surface area contributed by atoms with Crippen LogP contribution in [0.2, 0.25) is 0 Å². The van der Waals surface area contributed by atoms with Gasteiger partial charge in [0.05, 0.1) is 25.4 Å². The van der Waals surface area contributed by atoms with Gasteiger partial charge in [0.15, 0.2) is 18.5 Å². The Hall–Kier alpha value is -2.04. The maximum absolute atomic E-state index is 13.0. The first-order valence-corrected chi connectivity index (χ1v) is 13.5. The minimum atomic E-state index is -1.37. The van der Waals surface area contributed by atoms with Gasteiger partial charge in [-0.25, -0.2) is 9.59 Å². The standard InChI is InChI=1S/C28H42O9/c1-4-33-27(32)21(15-19-11-7-5-8-12-19)35-24-23(30)22(16-29)36-28(34-17-18(2)3)25(24)37-26(31)20-13-9-6-10-14-20/h6,9-10,13-14,18-19,21-25,28-30H,4-5,7-8,11-12,15-17H2,1-3H3/t21-,22?,23?,24?,25?,28?/m0/s1. The highest BCUT2D eigenvalue weighted by molar-refractivity contribution is 5.89. The third-order valence-electron chi connectivity index (χ3n) is 6.79. The number of aliphatic hydroxyl groups excluding tert-OH is 2. The second kappa shape index (κ2) is 14.8. The van der Waals surface area contributed by atoms with Crippen molar-refractivity contribution in [3.63, 3.8) is 0 Å². The summed E-state index contributed by atoms with van der Waals surface area (Å²) >= 11 is 0. The number of hydrogen-bond donors (Lipinski definition) is 2. The molecule has 9 nitrogen and oxygen atoms in total. The Labute approximate surface area is 219 Å². The van der Waals surface area contributed by atoms with E-state index in [9.17, 15) is 19.8 Å². The van der Waals surface area contributed by atoms with Gasteiger partial charge in [-0.3, -0.25) is 0 Å². The average molecular weight is 523 g/mol. The lowest BCUT2D eigenvalue weighted by Gasteiger charge is -2.44. The zero-order chi connectivity index (χ0) is 26.8. The van der Waals surface area contributed by atoms with Crippen LogP contribution in [-0.2, 0) is 28.5 Å². The van der Waals surface area contributed by atoms with Crippen LogP contribution in [0.3, 0.4) is 0 Å². The van der Waals surface area contributed by atoms with E-state index in [1.807, 2.05) is 13.8 Å². The highest BCUT2D eigenvalue weighted by atomic mass is 16.7. The molecule has 0 aromatic heterocycles. The number of hydrogen-bond acceptors (Lipinski definition) is 9. The molecule has 1 aliphatic carbocycles. The molecule has 2 aliphatic rings. The van der Waals surface area contributed by atoms with Gasteiger partial charge in [0.1, 0.15) is 18.3 Å². The van der Waals surface area contributed by atoms with Gasteiger partial charge in [0.25, 0.3) is 0 Å². The van der Waals surface area contributed by atoms with Crippen LogP contribution in [-0.4, -0.2) is 78.8 Å². The number of rotatable bonds is 12. The summed E-state index contributed by atoms with van der Waals surface area (Å²) in [7, 11) is 0. The number of ether oxygens (including phenoxy) is 5. The van der Waals surface area contributed by atoms with E-state index >= 15 is 0 Å². The van der Waals surface area contributed by atoms with E-state index in [0.717, 1.165) is 25.7 Å². The molecule has 5 unspecified atom stereocenters. The molecule has 3 rings (SSSR count). The highest BCUT2D eigenvalue weighted by Gasteiger charge is 2.50. The largest absolute Gasteiger partial charge is 0.464 e. The van der Waals surface area contributed by atoms with Gasteiger partial charge in [0, 0.05) is 0 Å². The van der Waals surface area contributed by atoms with Crippen LogP contribution in [0, 0.1) is 11.8 Å². The lowest BCUT2D eigenvalue weighted by atomic mass is 9.85. The molecular formula is C28H42O9. The minimum absolute atomic E-state index is 0.145. The number of aliphatic hydroxyl groups is 2. The van der Waals surface area contributed by atoms with Gasteiger partial charge >= 0.3 is 11.9 Å². The lowest BCUT2D eigenvalue weighted by Crippen LogP contribution is -2.62. The fraction of sp³-hybridized carbons (Fsp3) is 0.714. The van der Waals surface area contributed by atoms with Crippen molar-refractivity contribution in [2.24, 2.45) is 11.8 Å². The summed E-state index contributed by atoms with van der Waals surface area (Å²) in [6, 6.07) is 8.44. The minimum Gasteiger partial charge on any atom is -0.464 e. The molecule has 37 heavy (non-hydrogen) atoms. The monoisotopic (exact) mass is 522 g/mol. The Bertz CT molecular complexity index is 824. The summed E-state index contributed by atoms with van der Waals surface area (Å²) < 4.78 is 29.1. The fourth-order valence-electron chi connectivity index (χ4n) is 4.87. The molecule has 1 heterocycles. The summed E-state index contributed by atoms with van der Waals surface area (Å²) in [6.07, 6.45) is -1.11. The Morgan fingerprint density at radius 1 is 1.08 bits per heavy atom. The van der Waals surface area contributed by atoms with Crippen LogP contribution in [0.5, 0.6) is 0 Å². The third kappa shape index (κ3) is 8.48. The maximum atomic E-state index is 13.0. The van der Waals surface area contributed by atoms with Crippen LogP contribution in [0.4, 0.5) is 0 Å². The second-order valence-electron chi connectivity index (χ2n) is 10.3. The lowest BCUT2D eigenvalue weighted by molar-refractivity contribution is -0.313. The molecule has 1 saturated carbocycles. The number of esters is 2. The van der Waals surface area contributed by atoms with Crippen LogP contribution in [0.1, 0.15) is 69.7 Å². The van der Waals surface area contributed by atoms with Crippen molar-refractivity contribution in [2.75, 3.05) is 19.8 Å². The first-order valence-electron chi connectivity index (χ1n) is 13.5. The van der Waals surface area contributed by atoms with E-state index in [1.54, 1.807) is 37.3 Å². The summed E-state index contributed by atoms with van der Waals surface area (Å²) in [5, 5.41) is 21.0. The SMILES string of the molecule is CCOC(=O)[C@H](CC1CCCCC1)OC1C(O)C(CO)OC(OCC(C)C)C1OC(=O)c1ccccc1. The molecule has 1 aromatic rings. The topological polar surface area (TPSA) is 121 Å². The van der Waals surface area contributed by atoms with Gasteiger partial charge in [0.2, 0.25) is 0 Å². The van der Waals surface area contributed by atoms with E-state index in [0.29, 0.717) is 12.0 Å². The Balaban J connectivity index is 1.89. The van der Waals surface area contributed by atoms with E-state index in [4.69, 9.17) is 23.7 Å². The molecule has 208 valence electrons. The molecule has 1 aliphatic heterocycles. The average Bonchev–Trinajstić information content (AvgIpc) is 2.90. The zero-order valence-corrected chi connectivity index (χ0v) is 22.1. The highest BCUT2D eigenvalue weighted by Crippen LogP contribution is 2.33. The molecular weight excluding hydrogens is 480 g/mol. The van der Waals surface area contributed by atoms with Crippen molar-refractivity contribution in [1.29, 1.82) is 0 Å². The molecule has 9 heteroatoms. The quantitative estimate of drug-likeness (QED) is 0.399. The first kappa shape index (κ1) is 29.5. The van der Waals surface area contributed by atoms with Crippen LogP contribution in [0.25, 0.3) is 0 Å². The van der Waals surface area contributed by atoms with E-state index in [1.165, 1.54) is 6.42 Å². The number of carbonyl (C=O) groups excluding carboxylic acids is 2. The van der Waals surface area contributed by atoms with Gasteiger partial charge in [-0.1, -0.05) is 64.2 Å². The van der Waals surface area contributed by atoms with Crippen molar-refractivity contribution >= 4 is 11.9 Å². The molecule has 2 fully saturated rings. The van der Waals surface area contributed by atoms with E-state index < -0.39 is 55.4 Å². The van der Waals surface area contributed by atoms with Gasteiger partial charge in [-0.05, 0) is 37.3 Å². The summed E-state index contributed by atoms with van der Waals surface area (Å²) in [5.74, 6) is -0.741. The predicted octanol–water partition coefficient (Wildman–Crippen LogP) is 3.25. The van der Waals surface area contributed by atoms with Crippen LogP contribution in [0.15, 0.2) is 30.3 Å². The molecule has 6 atom stereocenters. The van der Waals surface area contributed by atoms with Crippen LogP contribution < -0.4 is 0 Å². The zero-order valence-electron chi connectivity index (χ0n) is 22.1. The fourth-order valence-corrected chi connectivity index (χ4v) is 4.87. The molecule has 0 amide bonds. The Kier molecular flexibility index (Phi) is 11.8. The Morgan fingerprint density at radius 3 is 2.41 bits per heavy atom. The molecule has 0 spiro atoms. The van der Waals surface area contributed by atoms with Crippen molar-refractivity contribution in [3.8, 4) is 0 Å². The molecule has 2 N–H and O–H groups in total. The molecule has 0 radical (unpaired) electrons. The normalized spacial score (nSPS) is 27.6. The van der Waals surface area contributed by atoms with Crippen molar-refractivity contribution < 1.29 is 43.5 Å². The van der Waals surface area contributed by atoms with E-state index in [2.05, 4.69) is 0 Å². The first-order chi connectivity index (χ1) is 17.8. The van der Waals surface area contributed by atoms with Gasteiger partial charge in [-0.2, -0.15) is 0 Å². The molecule has 0 bridgehead atoms. The maximum Gasteiger partial charge on any atom is 0.338 e. The summed E-state index contributed by atoms with van der Waals surface area (Å²) in [4.78, 5) is 26.0. The van der Waals surface area contributed by atoms with Gasteiger partial charge < -0.3 is 33.9 Å². The molecule has 1 saturated heterocycles. The number of benzene rings is 1. The predicted molar refractivity (Wildman–Crippen MR) is 135 cm³/mol. The molecule has 1 aromatic carbocycles. The number of carbonyl (C=O) groups is 2.